The van der Waals surface area contributed by atoms with Crippen molar-refractivity contribution in [3.63, 3.8) is 0 Å². The van der Waals surface area contributed by atoms with Crippen LogP contribution in [-0.4, -0.2) is 34.1 Å². The van der Waals surface area contributed by atoms with Gasteiger partial charge in [0.15, 0.2) is 17.3 Å². The number of aromatic nitrogens is 1. The van der Waals surface area contributed by atoms with Gasteiger partial charge in [-0.05, 0) is 56.7 Å². The lowest BCUT2D eigenvalue weighted by Gasteiger charge is -2.35. The molecular formula is C20H23F2N3O2. The normalized spacial score (nSPS) is 25.9. The first kappa shape index (κ1) is 18.1. The Morgan fingerprint density at radius 1 is 1.26 bits per heavy atom. The topological polar surface area (TPSA) is 58.4 Å². The standard InChI is InChI=1S/C20H23F2N3O2/c1-11(2)25-18(12-3-4-12)10-17(23-20(26)16-7-8-27-24-16)19(25)13-5-6-14(21)15(22)9-13/h5-9,11-12,17-19H,3-4,10H2,1-2H3,(H,23,26). The van der Waals surface area contributed by atoms with Gasteiger partial charge in [0.2, 0.25) is 0 Å². The van der Waals surface area contributed by atoms with Gasteiger partial charge >= 0.3 is 0 Å². The van der Waals surface area contributed by atoms with Crippen LogP contribution < -0.4 is 5.32 Å². The minimum absolute atomic E-state index is 0.211. The highest BCUT2D eigenvalue weighted by Crippen LogP contribution is 2.47. The molecule has 3 unspecified atom stereocenters. The fourth-order valence-corrected chi connectivity index (χ4v) is 4.36. The molecule has 1 N–H and O–H groups in total. The van der Waals surface area contributed by atoms with E-state index < -0.39 is 11.6 Å². The Balaban J connectivity index is 1.68. The molecule has 1 aliphatic carbocycles. The van der Waals surface area contributed by atoms with Gasteiger partial charge < -0.3 is 9.84 Å². The van der Waals surface area contributed by atoms with Gasteiger partial charge in [-0.2, -0.15) is 0 Å². The molecule has 0 radical (unpaired) electrons. The molecule has 1 aliphatic heterocycles. The molecule has 2 fully saturated rings. The van der Waals surface area contributed by atoms with Crippen LogP contribution in [-0.2, 0) is 0 Å². The Hall–Kier alpha value is -2.28. The fourth-order valence-electron chi connectivity index (χ4n) is 4.36. The summed E-state index contributed by atoms with van der Waals surface area (Å²) in [7, 11) is 0. The number of halogens is 2. The van der Waals surface area contributed by atoms with E-state index in [9.17, 15) is 13.6 Å². The fraction of sp³-hybridized carbons (Fsp3) is 0.500. The van der Waals surface area contributed by atoms with Gasteiger partial charge in [-0.3, -0.25) is 9.69 Å². The van der Waals surface area contributed by atoms with Crippen molar-refractivity contribution in [2.75, 3.05) is 0 Å². The lowest BCUT2D eigenvalue weighted by Crippen LogP contribution is -2.43. The molecule has 1 saturated heterocycles. The van der Waals surface area contributed by atoms with E-state index in [2.05, 4.69) is 29.2 Å². The molecule has 1 saturated carbocycles. The number of hydrogen-bond donors (Lipinski definition) is 1. The minimum atomic E-state index is -0.868. The third-order valence-electron chi connectivity index (χ3n) is 5.62. The van der Waals surface area contributed by atoms with Gasteiger partial charge in [0, 0.05) is 18.2 Å². The zero-order valence-corrected chi connectivity index (χ0v) is 15.4. The summed E-state index contributed by atoms with van der Waals surface area (Å²) in [5, 5.41) is 6.73. The lowest BCUT2D eigenvalue weighted by molar-refractivity contribution is 0.0900. The maximum atomic E-state index is 13.9. The van der Waals surface area contributed by atoms with Crippen molar-refractivity contribution in [2.45, 2.75) is 57.3 Å². The molecule has 1 amide bonds. The third kappa shape index (κ3) is 3.48. The number of carbonyl (C=O) groups is 1. The van der Waals surface area contributed by atoms with E-state index in [0.717, 1.165) is 12.5 Å². The summed E-state index contributed by atoms with van der Waals surface area (Å²) >= 11 is 0. The van der Waals surface area contributed by atoms with Crippen molar-refractivity contribution in [1.29, 1.82) is 0 Å². The van der Waals surface area contributed by atoms with Crippen molar-refractivity contribution in [3.8, 4) is 0 Å². The number of carbonyl (C=O) groups excluding carboxylic acids is 1. The molecule has 5 nitrogen and oxygen atoms in total. The Morgan fingerprint density at radius 2 is 2.04 bits per heavy atom. The molecule has 144 valence electrons. The molecule has 2 aromatic rings. The van der Waals surface area contributed by atoms with Crippen LogP contribution >= 0.6 is 0 Å². The number of benzene rings is 1. The molecule has 1 aromatic carbocycles. The van der Waals surface area contributed by atoms with Crippen molar-refractivity contribution < 1.29 is 18.1 Å². The molecule has 27 heavy (non-hydrogen) atoms. The molecule has 0 spiro atoms. The van der Waals surface area contributed by atoms with E-state index in [4.69, 9.17) is 4.52 Å². The summed E-state index contributed by atoms with van der Waals surface area (Å²) in [6.45, 7) is 4.20. The summed E-state index contributed by atoms with van der Waals surface area (Å²) < 4.78 is 32.2. The van der Waals surface area contributed by atoms with E-state index in [1.165, 1.54) is 31.2 Å². The maximum Gasteiger partial charge on any atom is 0.273 e. The van der Waals surface area contributed by atoms with Crippen LogP contribution in [0.5, 0.6) is 0 Å². The summed E-state index contributed by atoms with van der Waals surface area (Å²) in [6, 6.07) is 5.62. The Kier molecular flexibility index (Phi) is 4.72. The van der Waals surface area contributed by atoms with Crippen LogP contribution in [0.4, 0.5) is 8.78 Å². The summed E-state index contributed by atoms with van der Waals surface area (Å²) in [4.78, 5) is 14.9. The van der Waals surface area contributed by atoms with Crippen molar-refractivity contribution >= 4 is 5.91 Å². The van der Waals surface area contributed by atoms with Gasteiger partial charge in [-0.15, -0.1) is 0 Å². The van der Waals surface area contributed by atoms with Gasteiger partial charge in [-0.1, -0.05) is 11.2 Å². The predicted molar refractivity (Wildman–Crippen MR) is 95.0 cm³/mol. The highest BCUT2D eigenvalue weighted by atomic mass is 19.2. The highest BCUT2D eigenvalue weighted by Gasteiger charge is 2.49. The molecule has 7 heteroatoms. The minimum Gasteiger partial charge on any atom is -0.364 e. The van der Waals surface area contributed by atoms with Crippen molar-refractivity contribution in [1.82, 2.24) is 15.4 Å². The van der Waals surface area contributed by atoms with Gasteiger partial charge in [0.25, 0.3) is 5.91 Å². The van der Waals surface area contributed by atoms with Crippen LogP contribution in [0, 0.1) is 17.6 Å². The summed E-state index contributed by atoms with van der Waals surface area (Å²) in [5.74, 6) is -1.46. The second-order valence-corrected chi connectivity index (χ2v) is 7.76. The number of likely N-dealkylation sites (tertiary alicyclic amines) is 1. The number of amides is 1. The third-order valence-corrected chi connectivity index (χ3v) is 5.62. The van der Waals surface area contributed by atoms with E-state index in [1.54, 1.807) is 6.07 Å². The van der Waals surface area contributed by atoms with Crippen LogP contribution in [0.15, 0.2) is 35.1 Å². The number of rotatable bonds is 5. The largest absolute Gasteiger partial charge is 0.364 e. The number of nitrogens with zero attached hydrogens (tertiary/aromatic N) is 2. The SMILES string of the molecule is CC(C)N1C(C2CC2)CC(NC(=O)c2ccon2)C1c1ccc(F)c(F)c1. The van der Waals surface area contributed by atoms with Crippen molar-refractivity contribution in [3.05, 3.63) is 53.4 Å². The molecule has 4 rings (SSSR count). The van der Waals surface area contributed by atoms with Gasteiger partial charge in [0.05, 0.1) is 12.1 Å². The smallest absolute Gasteiger partial charge is 0.273 e. The molecule has 1 aromatic heterocycles. The molecule has 0 bridgehead atoms. The maximum absolute atomic E-state index is 13.9. The first-order valence-electron chi connectivity index (χ1n) is 9.39. The second kappa shape index (κ2) is 7.03. The first-order valence-corrected chi connectivity index (χ1v) is 9.39. The second-order valence-electron chi connectivity index (χ2n) is 7.76. The Morgan fingerprint density at radius 3 is 2.63 bits per heavy atom. The summed E-state index contributed by atoms with van der Waals surface area (Å²) in [5.41, 5.74) is 0.890. The van der Waals surface area contributed by atoms with Crippen LogP contribution in [0.1, 0.15) is 55.2 Å². The molecule has 3 atom stereocenters. The molecule has 2 heterocycles. The first-order chi connectivity index (χ1) is 13.0. The average Bonchev–Trinajstić information content (AvgIpc) is 3.18. The average molecular weight is 375 g/mol. The van der Waals surface area contributed by atoms with Crippen LogP contribution in [0.25, 0.3) is 0 Å². The van der Waals surface area contributed by atoms with E-state index in [1.807, 2.05) is 0 Å². The van der Waals surface area contributed by atoms with Crippen LogP contribution in [0.2, 0.25) is 0 Å². The molecule has 2 aliphatic rings. The van der Waals surface area contributed by atoms with Gasteiger partial charge in [0.1, 0.15) is 6.26 Å². The van der Waals surface area contributed by atoms with E-state index in [0.29, 0.717) is 17.5 Å². The Labute approximate surface area is 156 Å². The monoisotopic (exact) mass is 375 g/mol. The number of nitrogens with one attached hydrogen (secondary N) is 1. The van der Waals surface area contributed by atoms with Crippen molar-refractivity contribution in [2.24, 2.45) is 5.92 Å². The Bertz CT molecular complexity index is 821. The van der Waals surface area contributed by atoms with E-state index in [-0.39, 0.29) is 29.7 Å². The molecular weight excluding hydrogens is 352 g/mol. The van der Waals surface area contributed by atoms with E-state index >= 15 is 0 Å². The zero-order valence-electron chi connectivity index (χ0n) is 15.4. The highest BCUT2D eigenvalue weighted by molar-refractivity contribution is 5.92. The summed E-state index contributed by atoms with van der Waals surface area (Å²) in [6.07, 6.45) is 4.46. The quantitative estimate of drug-likeness (QED) is 0.866. The number of hydrogen-bond acceptors (Lipinski definition) is 4. The van der Waals surface area contributed by atoms with Crippen LogP contribution in [0.3, 0.4) is 0 Å². The lowest BCUT2D eigenvalue weighted by atomic mass is 9.98. The zero-order chi connectivity index (χ0) is 19.1. The van der Waals surface area contributed by atoms with Gasteiger partial charge in [-0.25, -0.2) is 8.78 Å². The predicted octanol–water partition coefficient (Wildman–Crippen LogP) is 3.69.